The van der Waals surface area contributed by atoms with E-state index >= 15 is 0 Å². The van der Waals surface area contributed by atoms with Crippen molar-refractivity contribution in [1.82, 2.24) is 4.90 Å². The van der Waals surface area contributed by atoms with Crippen molar-refractivity contribution in [1.29, 1.82) is 0 Å². The molecule has 1 aliphatic heterocycles. The van der Waals surface area contributed by atoms with Crippen LogP contribution in [0, 0.1) is 10.1 Å². The molecule has 2 aromatic rings. The first-order valence-electron chi connectivity index (χ1n) is 7.02. The minimum atomic E-state index is -0.546. The number of hydrogen-bond acceptors (Lipinski definition) is 6. The fraction of sp³-hybridized carbons (Fsp3) is 0.0625. The Kier molecular flexibility index (Phi) is 3.78. The van der Waals surface area contributed by atoms with Gasteiger partial charge in [-0.15, -0.1) is 0 Å². The SMILES string of the molecule is C/C(=N\Nc1ccccc1[N+](=O)[O-])N1C(=O)c2ccccc2C1=O. The highest BCUT2D eigenvalue weighted by atomic mass is 16.6. The highest BCUT2D eigenvalue weighted by Gasteiger charge is 2.37. The van der Waals surface area contributed by atoms with Crippen molar-refractivity contribution >= 4 is 29.0 Å². The highest BCUT2D eigenvalue weighted by molar-refractivity contribution is 6.29. The van der Waals surface area contributed by atoms with Gasteiger partial charge in [0.15, 0.2) is 0 Å². The second-order valence-corrected chi connectivity index (χ2v) is 5.04. The summed E-state index contributed by atoms with van der Waals surface area (Å²) in [5.41, 5.74) is 3.16. The Morgan fingerprint density at radius 2 is 1.58 bits per heavy atom. The maximum absolute atomic E-state index is 12.3. The Labute approximate surface area is 136 Å². The number of carbonyl (C=O) groups excluding carboxylic acids is 2. The van der Waals surface area contributed by atoms with E-state index in [1.165, 1.54) is 25.1 Å². The second kappa shape index (κ2) is 5.92. The van der Waals surface area contributed by atoms with Crippen LogP contribution in [0.3, 0.4) is 0 Å². The van der Waals surface area contributed by atoms with E-state index in [1.54, 1.807) is 30.3 Å². The lowest BCUT2D eigenvalue weighted by molar-refractivity contribution is -0.384. The summed E-state index contributed by atoms with van der Waals surface area (Å²) in [6, 6.07) is 12.4. The summed E-state index contributed by atoms with van der Waals surface area (Å²) in [4.78, 5) is 36.0. The summed E-state index contributed by atoms with van der Waals surface area (Å²) < 4.78 is 0. The van der Waals surface area contributed by atoms with Crippen LogP contribution in [0.4, 0.5) is 11.4 Å². The third kappa shape index (κ3) is 2.50. The molecule has 8 heteroatoms. The fourth-order valence-electron chi connectivity index (χ4n) is 2.40. The molecule has 8 nitrogen and oxygen atoms in total. The van der Waals surface area contributed by atoms with Gasteiger partial charge in [-0.1, -0.05) is 24.3 Å². The van der Waals surface area contributed by atoms with Crippen LogP contribution in [0.2, 0.25) is 0 Å². The summed E-state index contributed by atoms with van der Waals surface area (Å²) in [7, 11) is 0. The van der Waals surface area contributed by atoms with Crippen molar-refractivity contribution in [3.05, 3.63) is 69.8 Å². The molecule has 0 spiro atoms. The van der Waals surface area contributed by atoms with E-state index in [0.29, 0.717) is 11.1 Å². The number of nitro benzene ring substituents is 1. The van der Waals surface area contributed by atoms with E-state index in [4.69, 9.17) is 0 Å². The molecule has 0 radical (unpaired) electrons. The number of nitrogens with one attached hydrogen (secondary N) is 1. The number of imide groups is 1. The minimum Gasteiger partial charge on any atom is -0.270 e. The Balaban J connectivity index is 1.87. The Bertz CT molecular complexity index is 856. The van der Waals surface area contributed by atoms with Gasteiger partial charge in [-0.25, -0.2) is 4.90 Å². The number of rotatable bonds is 3. The summed E-state index contributed by atoms with van der Waals surface area (Å²) in [5.74, 6) is -0.846. The van der Waals surface area contributed by atoms with Crippen molar-refractivity contribution < 1.29 is 14.5 Å². The Hall–Kier alpha value is -3.55. The number of carbonyl (C=O) groups is 2. The molecule has 24 heavy (non-hydrogen) atoms. The number of anilines is 1. The first-order chi connectivity index (χ1) is 11.5. The first-order valence-corrected chi connectivity index (χ1v) is 7.02. The normalized spacial score (nSPS) is 13.9. The van der Waals surface area contributed by atoms with Crippen LogP contribution in [0.15, 0.2) is 53.6 Å². The summed E-state index contributed by atoms with van der Waals surface area (Å²) in [5, 5.41) is 14.9. The summed E-state index contributed by atoms with van der Waals surface area (Å²) in [6.45, 7) is 1.48. The molecule has 1 heterocycles. The number of hydrazone groups is 1. The highest BCUT2D eigenvalue weighted by Crippen LogP contribution is 2.25. The quantitative estimate of drug-likeness (QED) is 0.307. The molecule has 0 fully saturated rings. The van der Waals surface area contributed by atoms with E-state index < -0.39 is 16.7 Å². The van der Waals surface area contributed by atoms with E-state index in [-0.39, 0.29) is 17.2 Å². The third-order valence-corrected chi connectivity index (χ3v) is 3.56. The van der Waals surface area contributed by atoms with Gasteiger partial charge >= 0.3 is 0 Å². The average molecular weight is 324 g/mol. The van der Waals surface area contributed by atoms with Crippen LogP contribution in [0.1, 0.15) is 27.6 Å². The zero-order valence-electron chi connectivity index (χ0n) is 12.6. The molecule has 1 N–H and O–H groups in total. The zero-order valence-corrected chi connectivity index (χ0v) is 12.6. The summed E-state index contributed by atoms with van der Waals surface area (Å²) >= 11 is 0. The number of benzene rings is 2. The molecule has 0 saturated heterocycles. The van der Waals surface area contributed by atoms with E-state index in [0.717, 1.165) is 4.90 Å². The lowest BCUT2D eigenvalue weighted by Gasteiger charge is -2.13. The molecule has 0 saturated carbocycles. The molecule has 0 bridgehead atoms. The van der Waals surface area contributed by atoms with Crippen molar-refractivity contribution in [3.63, 3.8) is 0 Å². The maximum Gasteiger partial charge on any atom is 0.294 e. The fourth-order valence-corrected chi connectivity index (χ4v) is 2.40. The van der Waals surface area contributed by atoms with Crippen LogP contribution in [-0.4, -0.2) is 27.5 Å². The monoisotopic (exact) mass is 324 g/mol. The predicted molar refractivity (Wildman–Crippen MR) is 86.8 cm³/mol. The second-order valence-electron chi connectivity index (χ2n) is 5.04. The number of amidine groups is 1. The van der Waals surface area contributed by atoms with Crippen molar-refractivity contribution in [3.8, 4) is 0 Å². The number of nitro groups is 1. The first kappa shape index (κ1) is 15.3. The molecule has 0 aliphatic carbocycles. The van der Waals surface area contributed by atoms with Gasteiger partial charge in [-0.05, 0) is 25.1 Å². The van der Waals surface area contributed by atoms with Crippen molar-refractivity contribution in [2.24, 2.45) is 5.10 Å². The van der Waals surface area contributed by atoms with Gasteiger partial charge in [-0.2, -0.15) is 5.10 Å². The molecule has 0 atom stereocenters. The van der Waals surface area contributed by atoms with Crippen LogP contribution >= 0.6 is 0 Å². The Morgan fingerprint density at radius 1 is 1.04 bits per heavy atom. The zero-order chi connectivity index (χ0) is 17.3. The predicted octanol–water partition coefficient (Wildman–Crippen LogP) is 2.64. The van der Waals surface area contributed by atoms with Gasteiger partial charge in [0.05, 0.1) is 16.1 Å². The van der Waals surface area contributed by atoms with Gasteiger partial charge in [0.2, 0.25) is 0 Å². The molecule has 3 rings (SSSR count). The lowest BCUT2D eigenvalue weighted by Crippen LogP contribution is -2.34. The molecule has 2 aromatic carbocycles. The molecule has 2 amide bonds. The van der Waals surface area contributed by atoms with Crippen LogP contribution < -0.4 is 5.43 Å². The van der Waals surface area contributed by atoms with Crippen LogP contribution in [0.25, 0.3) is 0 Å². The number of amides is 2. The van der Waals surface area contributed by atoms with E-state index in [9.17, 15) is 19.7 Å². The molecule has 1 aliphatic rings. The molecule has 0 unspecified atom stereocenters. The molecular weight excluding hydrogens is 312 g/mol. The summed E-state index contributed by atoms with van der Waals surface area (Å²) in [6.07, 6.45) is 0. The molecule has 0 aromatic heterocycles. The number of para-hydroxylation sites is 2. The van der Waals surface area contributed by atoms with Gasteiger partial charge in [0, 0.05) is 6.07 Å². The van der Waals surface area contributed by atoms with Gasteiger partial charge in [0.1, 0.15) is 11.5 Å². The van der Waals surface area contributed by atoms with Crippen molar-refractivity contribution in [2.75, 3.05) is 5.43 Å². The standard InChI is InChI=1S/C16H12N4O4/c1-10(17-18-13-8-4-5-9-14(13)20(23)24)19-15(21)11-6-2-3-7-12(11)16(19)22/h2-9,18H,1H3/b17-10+. The van der Waals surface area contributed by atoms with Gasteiger partial charge < -0.3 is 0 Å². The number of hydrogen-bond donors (Lipinski definition) is 1. The van der Waals surface area contributed by atoms with Gasteiger partial charge in [-0.3, -0.25) is 25.1 Å². The molecular formula is C16H12N4O4. The molecule has 120 valence electrons. The largest absolute Gasteiger partial charge is 0.294 e. The smallest absolute Gasteiger partial charge is 0.270 e. The lowest BCUT2D eigenvalue weighted by atomic mass is 10.1. The minimum absolute atomic E-state index is 0.0966. The van der Waals surface area contributed by atoms with E-state index in [2.05, 4.69) is 10.5 Å². The maximum atomic E-state index is 12.3. The topological polar surface area (TPSA) is 105 Å². The van der Waals surface area contributed by atoms with E-state index in [1.807, 2.05) is 0 Å². The van der Waals surface area contributed by atoms with Gasteiger partial charge in [0.25, 0.3) is 17.5 Å². The van der Waals surface area contributed by atoms with Crippen molar-refractivity contribution in [2.45, 2.75) is 6.92 Å². The average Bonchev–Trinajstić information content (AvgIpc) is 2.84. The van der Waals surface area contributed by atoms with Crippen LogP contribution in [-0.2, 0) is 0 Å². The van der Waals surface area contributed by atoms with Crippen LogP contribution in [0.5, 0.6) is 0 Å². The third-order valence-electron chi connectivity index (χ3n) is 3.56. The Morgan fingerprint density at radius 3 is 2.17 bits per heavy atom. The number of nitrogens with zero attached hydrogens (tertiary/aromatic N) is 3. The number of fused-ring (bicyclic) bond motifs is 1.